The zero-order valence-corrected chi connectivity index (χ0v) is 18.7. The topological polar surface area (TPSA) is 101 Å². The highest BCUT2D eigenvalue weighted by atomic mass is 19.4. The van der Waals surface area contributed by atoms with E-state index in [1.165, 1.54) is 30.3 Å². The van der Waals surface area contributed by atoms with E-state index in [1.54, 1.807) is 0 Å². The quantitative estimate of drug-likeness (QED) is 0.513. The van der Waals surface area contributed by atoms with Crippen LogP contribution in [-0.2, 0) is 22.3 Å². The van der Waals surface area contributed by atoms with Crippen molar-refractivity contribution < 1.29 is 37.0 Å². The highest BCUT2D eigenvalue weighted by molar-refractivity contribution is 5.84. The molecule has 2 aromatic rings. The first-order chi connectivity index (χ1) is 16.5. The van der Waals surface area contributed by atoms with Crippen LogP contribution in [0.4, 0.5) is 17.6 Å². The Morgan fingerprint density at radius 1 is 1.09 bits per heavy atom. The summed E-state index contributed by atoms with van der Waals surface area (Å²) in [5, 5.41) is 16.5. The Balaban J connectivity index is 1.30. The summed E-state index contributed by atoms with van der Waals surface area (Å²) in [6.07, 6.45) is -2.91. The van der Waals surface area contributed by atoms with Crippen LogP contribution in [0.2, 0.25) is 0 Å². The summed E-state index contributed by atoms with van der Waals surface area (Å²) in [4.78, 5) is 29.2. The molecule has 5 rings (SSSR count). The Kier molecular flexibility index (Phi) is 6.72. The number of hydrogen-bond acceptors (Lipinski definition) is 5. The Labute approximate surface area is 198 Å². The van der Waals surface area contributed by atoms with Crippen molar-refractivity contribution in [1.82, 2.24) is 15.6 Å². The minimum atomic E-state index is -4.49. The molecular weight excluding hydrogens is 470 g/mol. The molecule has 3 aliphatic rings. The number of aliphatic hydroxyl groups excluding tert-OH is 1. The molecule has 1 aromatic heterocycles. The van der Waals surface area contributed by atoms with Gasteiger partial charge in [0.15, 0.2) is 6.61 Å². The number of ether oxygens (including phenoxy) is 1. The number of rotatable bonds is 7. The summed E-state index contributed by atoms with van der Waals surface area (Å²) >= 11 is 0. The molecule has 3 N–H and O–H groups in total. The Morgan fingerprint density at radius 2 is 1.77 bits per heavy atom. The molecule has 3 fully saturated rings. The van der Waals surface area contributed by atoms with Gasteiger partial charge in [0.05, 0.1) is 29.3 Å². The van der Waals surface area contributed by atoms with Crippen LogP contribution in [0.3, 0.4) is 0 Å². The minimum Gasteiger partial charge on any atom is -0.484 e. The van der Waals surface area contributed by atoms with E-state index < -0.39 is 34.6 Å². The number of carbonyl (C=O) groups is 2. The second-order valence-corrected chi connectivity index (χ2v) is 9.17. The number of pyridine rings is 1. The van der Waals surface area contributed by atoms with E-state index in [0.29, 0.717) is 37.6 Å². The van der Waals surface area contributed by atoms with E-state index >= 15 is 0 Å². The molecule has 11 heteroatoms. The Bertz CT molecular complexity index is 1070. The van der Waals surface area contributed by atoms with Gasteiger partial charge in [-0.05, 0) is 68.5 Å². The zero-order chi connectivity index (χ0) is 25.3. The second kappa shape index (κ2) is 9.44. The number of nitrogens with one attached hydrogen (secondary N) is 2. The molecule has 3 aliphatic carbocycles. The normalized spacial score (nSPS) is 25.7. The van der Waals surface area contributed by atoms with Crippen LogP contribution in [0.5, 0.6) is 5.75 Å². The molecule has 35 heavy (non-hydrogen) atoms. The molecule has 1 aromatic carbocycles. The molecule has 0 aliphatic heterocycles. The van der Waals surface area contributed by atoms with Crippen molar-refractivity contribution in [3.63, 3.8) is 0 Å². The molecule has 7 nitrogen and oxygen atoms in total. The number of aromatic nitrogens is 1. The Morgan fingerprint density at radius 3 is 2.34 bits per heavy atom. The third-order valence-corrected chi connectivity index (χ3v) is 6.94. The molecule has 1 heterocycles. The van der Waals surface area contributed by atoms with Crippen LogP contribution in [0.15, 0.2) is 42.6 Å². The third kappa shape index (κ3) is 5.39. The average Bonchev–Trinajstić information content (AvgIpc) is 2.82. The number of carbonyl (C=O) groups excluding carboxylic acids is 2. The first kappa shape index (κ1) is 24.9. The van der Waals surface area contributed by atoms with E-state index in [4.69, 9.17) is 4.74 Å². The molecule has 188 valence electrons. The lowest BCUT2D eigenvalue weighted by Crippen LogP contribution is -2.65. The maximum atomic E-state index is 13.0. The predicted molar refractivity (Wildman–Crippen MR) is 115 cm³/mol. The lowest BCUT2D eigenvalue weighted by Gasteiger charge is -2.55. The van der Waals surface area contributed by atoms with Gasteiger partial charge in [-0.3, -0.25) is 14.6 Å². The SMILES string of the molecule is O=C(COc1ccc(F)cc1)NC12CCC(C(=O)NCc3ccc(C(F)(F)F)cn3)(CC1)C(O)C2. The van der Waals surface area contributed by atoms with Gasteiger partial charge in [0.25, 0.3) is 5.91 Å². The third-order valence-electron chi connectivity index (χ3n) is 6.94. The minimum absolute atomic E-state index is 0.0615. The molecule has 1 unspecified atom stereocenters. The number of fused-ring (bicyclic) bond motifs is 3. The van der Waals surface area contributed by atoms with Gasteiger partial charge in [-0.15, -0.1) is 0 Å². The van der Waals surface area contributed by atoms with E-state index in [9.17, 15) is 32.3 Å². The Hall–Kier alpha value is -3.21. The van der Waals surface area contributed by atoms with Gasteiger partial charge in [0, 0.05) is 11.7 Å². The summed E-state index contributed by atoms with van der Waals surface area (Å²) in [7, 11) is 0. The van der Waals surface area contributed by atoms with Crippen LogP contribution in [0.25, 0.3) is 0 Å². The van der Waals surface area contributed by atoms with Gasteiger partial charge in [-0.1, -0.05) is 0 Å². The van der Waals surface area contributed by atoms with Gasteiger partial charge in [0.1, 0.15) is 11.6 Å². The van der Waals surface area contributed by atoms with Crippen molar-refractivity contribution in [3.05, 3.63) is 59.7 Å². The summed E-state index contributed by atoms with van der Waals surface area (Å²) < 4.78 is 56.4. The van der Waals surface area contributed by atoms with Gasteiger partial charge >= 0.3 is 6.18 Å². The van der Waals surface area contributed by atoms with Crippen molar-refractivity contribution in [2.45, 2.75) is 56.5 Å². The number of aliphatic hydroxyl groups is 1. The van der Waals surface area contributed by atoms with Crippen LogP contribution in [0.1, 0.15) is 43.4 Å². The van der Waals surface area contributed by atoms with Crippen molar-refractivity contribution in [3.8, 4) is 5.75 Å². The summed E-state index contributed by atoms with van der Waals surface area (Å²) in [6.45, 7) is -0.330. The van der Waals surface area contributed by atoms with E-state index in [-0.39, 0.29) is 37.1 Å². The number of benzene rings is 1. The van der Waals surface area contributed by atoms with Gasteiger partial charge in [-0.2, -0.15) is 13.2 Å². The first-order valence-corrected chi connectivity index (χ1v) is 11.2. The van der Waals surface area contributed by atoms with Gasteiger partial charge in [-0.25, -0.2) is 4.39 Å². The predicted octanol–water partition coefficient (Wildman–Crippen LogP) is 3.11. The molecule has 3 saturated carbocycles. The number of halogens is 4. The van der Waals surface area contributed by atoms with Gasteiger partial charge < -0.3 is 20.5 Å². The van der Waals surface area contributed by atoms with E-state index in [1.807, 2.05) is 0 Å². The average molecular weight is 495 g/mol. The standard InChI is InChI=1S/C24H25F4N3O4/c25-16-2-5-18(6-3-16)35-14-20(33)31-22-7-9-23(10-8-22,19(32)11-22)21(34)30-13-17-4-1-15(12-29-17)24(26,27)28/h1-6,12,19,32H,7-11,13-14H2,(H,30,34)(H,31,33). The fourth-order valence-corrected chi connectivity index (χ4v) is 4.89. The van der Waals surface area contributed by atoms with Crippen LogP contribution < -0.4 is 15.4 Å². The van der Waals surface area contributed by atoms with Crippen LogP contribution >= 0.6 is 0 Å². The smallest absolute Gasteiger partial charge is 0.417 e. The van der Waals surface area contributed by atoms with Crippen molar-refractivity contribution in [2.75, 3.05) is 6.61 Å². The molecule has 1 atom stereocenters. The first-order valence-electron chi connectivity index (χ1n) is 11.2. The van der Waals surface area contributed by atoms with Crippen molar-refractivity contribution in [1.29, 1.82) is 0 Å². The number of hydrogen-bond donors (Lipinski definition) is 3. The number of alkyl halides is 3. The van der Waals surface area contributed by atoms with E-state index in [0.717, 1.165) is 6.07 Å². The summed E-state index contributed by atoms with van der Waals surface area (Å²) in [5.41, 5.74) is -2.28. The molecule has 0 radical (unpaired) electrons. The van der Waals surface area contributed by atoms with Crippen molar-refractivity contribution in [2.24, 2.45) is 5.41 Å². The summed E-state index contributed by atoms with van der Waals surface area (Å²) in [5.74, 6) is -0.827. The summed E-state index contributed by atoms with van der Waals surface area (Å²) in [6, 6.07) is 7.39. The lowest BCUT2D eigenvalue weighted by atomic mass is 9.55. The number of nitrogens with zero attached hydrogens (tertiary/aromatic N) is 1. The van der Waals surface area contributed by atoms with Gasteiger partial charge in [0.2, 0.25) is 5.91 Å². The molecule has 2 amide bonds. The second-order valence-electron chi connectivity index (χ2n) is 9.17. The highest BCUT2D eigenvalue weighted by Crippen LogP contribution is 2.52. The fraction of sp³-hybridized carbons (Fsp3) is 0.458. The van der Waals surface area contributed by atoms with Crippen molar-refractivity contribution >= 4 is 11.8 Å². The maximum Gasteiger partial charge on any atom is 0.417 e. The fourth-order valence-electron chi connectivity index (χ4n) is 4.89. The molecule has 0 saturated heterocycles. The van der Waals surface area contributed by atoms with Crippen LogP contribution in [0, 0.1) is 11.2 Å². The number of amides is 2. The lowest BCUT2D eigenvalue weighted by molar-refractivity contribution is -0.156. The highest BCUT2D eigenvalue weighted by Gasteiger charge is 2.58. The van der Waals surface area contributed by atoms with Crippen LogP contribution in [-0.4, -0.2) is 40.2 Å². The largest absolute Gasteiger partial charge is 0.484 e. The molecule has 2 bridgehead atoms. The maximum absolute atomic E-state index is 13.0. The molecule has 0 spiro atoms. The zero-order valence-electron chi connectivity index (χ0n) is 18.7. The monoisotopic (exact) mass is 495 g/mol. The van der Waals surface area contributed by atoms with E-state index in [2.05, 4.69) is 15.6 Å². The molecular formula is C24H25F4N3O4.